The number of hydrogen-bond donors (Lipinski definition) is 1. The zero-order valence-electron chi connectivity index (χ0n) is 23.6. The van der Waals surface area contributed by atoms with Crippen molar-refractivity contribution in [2.75, 3.05) is 19.7 Å². The Kier molecular flexibility index (Phi) is 7.41. The summed E-state index contributed by atoms with van der Waals surface area (Å²) in [7, 11) is 0. The van der Waals surface area contributed by atoms with Crippen LogP contribution >= 0.6 is 0 Å². The van der Waals surface area contributed by atoms with Crippen LogP contribution in [0.1, 0.15) is 51.5 Å². The Hall–Kier alpha value is -4.13. The number of aromatic nitrogens is 6. The van der Waals surface area contributed by atoms with E-state index in [0.717, 1.165) is 6.20 Å². The third kappa shape index (κ3) is 5.99. The Bertz CT molecular complexity index is 1550. The lowest BCUT2D eigenvalue weighted by atomic mass is 10.0. The molecule has 1 N–H and O–H groups in total. The largest absolute Gasteiger partial charge is 0.488 e. The van der Waals surface area contributed by atoms with E-state index in [9.17, 15) is 14.3 Å². The summed E-state index contributed by atoms with van der Waals surface area (Å²) < 4.78 is 43.3. The first-order valence-corrected chi connectivity index (χ1v) is 13.3. The van der Waals surface area contributed by atoms with Crippen molar-refractivity contribution in [2.24, 2.45) is 0 Å². The van der Waals surface area contributed by atoms with Crippen molar-refractivity contribution in [3.8, 4) is 17.0 Å². The molecule has 4 aromatic rings. The molecule has 3 atom stereocenters. The highest BCUT2D eigenvalue weighted by Gasteiger charge is 2.36. The number of aliphatic hydroxyl groups is 1. The van der Waals surface area contributed by atoms with Gasteiger partial charge in [0.25, 0.3) is 0 Å². The molecule has 1 fully saturated rings. The molecule has 1 aliphatic heterocycles. The van der Waals surface area contributed by atoms with Gasteiger partial charge in [0.1, 0.15) is 46.8 Å². The van der Waals surface area contributed by atoms with Crippen molar-refractivity contribution in [1.29, 1.82) is 0 Å². The molecule has 1 unspecified atom stereocenters. The highest BCUT2D eigenvalue weighted by atomic mass is 19.1. The van der Waals surface area contributed by atoms with Crippen LogP contribution in [0.15, 0.2) is 42.9 Å². The molecule has 1 amide bonds. The first kappa shape index (κ1) is 28.4. The van der Waals surface area contributed by atoms with E-state index in [1.807, 2.05) is 0 Å². The lowest BCUT2D eigenvalue weighted by Gasteiger charge is -2.35. The molecule has 11 nitrogen and oxygen atoms in total. The van der Waals surface area contributed by atoms with Gasteiger partial charge in [-0.1, -0.05) is 5.21 Å². The van der Waals surface area contributed by atoms with Gasteiger partial charge in [-0.05, 0) is 65.3 Å². The van der Waals surface area contributed by atoms with Crippen LogP contribution < -0.4 is 4.74 Å². The standard InChI is InChI=1S/C28H33F2N7O4/c1-17-25(33-34-37(17)21-9-11-35(15-20(21)30)26(38)41-27(2,3)4)18-12-23(22-8-10-32-36(22)14-18)40-16-28(5,39)24-7-6-19(29)13-31-24/h6-8,10,12-14,20-21,39H,9,11,15-16H2,1-5H3/t20-,21-,28?/m1/s1. The van der Waals surface area contributed by atoms with Crippen LogP contribution in [0.2, 0.25) is 0 Å². The van der Waals surface area contributed by atoms with Crippen LogP contribution in [0.3, 0.4) is 0 Å². The highest BCUT2D eigenvalue weighted by molar-refractivity contribution is 5.70. The highest BCUT2D eigenvalue weighted by Crippen LogP contribution is 2.33. The Labute approximate surface area is 235 Å². The number of carbonyl (C=O) groups excluding carboxylic acids is 1. The van der Waals surface area contributed by atoms with Gasteiger partial charge >= 0.3 is 6.09 Å². The molecule has 1 aliphatic rings. The van der Waals surface area contributed by atoms with E-state index in [1.54, 1.807) is 61.4 Å². The van der Waals surface area contributed by atoms with Crippen molar-refractivity contribution in [3.63, 3.8) is 0 Å². The molecule has 13 heteroatoms. The number of halogens is 2. The Morgan fingerprint density at radius 1 is 1.22 bits per heavy atom. The molecule has 0 aliphatic carbocycles. The molecule has 4 aromatic heterocycles. The number of amides is 1. The number of pyridine rings is 2. The number of nitrogens with zero attached hydrogens (tertiary/aromatic N) is 7. The Balaban J connectivity index is 1.36. The van der Waals surface area contributed by atoms with Crippen molar-refractivity contribution in [1.82, 2.24) is 34.5 Å². The summed E-state index contributed by atoms with van der Waals surface area (Å²) >= 11 is 0. The third-order valence-corrected chi connectivity index (χ3v) is 6.93. The minimum absolute atomic E-state index is 0.103. The fraction of sp³-hybridized carbons (Fsp3) is 0.464. The predicted molar refractivity (Wildman–Crippen MR) is 145 cm³/mol. The minimum Gasteiger partial charge on any atom is -0.488 e. The fourth-order valence-electron chi connectivity index (χ4n) is 4.81. The number of piperidine rings is 1. The first-order chi connectivity index (χ1) is 19.3. The fourth-order valence-corrected chi connectivity index (χ4v) is 4.81. The summed E-state index contributed by atoms with van der Waals surface area (Å²) in [6.45, 7) is 8.71. The maximum atomic E-state index is 15.4. The van der Waals surface area contributed by atoms with E-state index in [2.05, 4.69) is 20.4 Å². The molecule has 0 saturated carbocycles. The molecule has 0 radical (unpaired) electrons. The Morgan fingerprint density at radius 2 is 2.00 bits per heavy atom. The first-order valence-electron chi connectivity index (χ1n) is 13.3. The zero-order chi connectivity index (χ0) is 29.5. The summed E-state index contributed by atoms with van der Waals surface area (Å²) in [5.41, 5.74) is 0.537. The van der Waals surface area contributed by atoms with Gasteiger partial charge in [0, 0.05) is 18.3 Å². The lowest BCUT2D eigenvalue weighted by Crippen LogP contribution is -2.47. The monoisotopic (exact) mass is 569 g/mol. The van der Waals surface area contributed by atoms with Crippen molar-refractivity contribution in [3.05, 3.63) is 60.1 Å². The van der Waals surface area contributed by atoms with Crippen LogP contribution in [0.5, 0.6) is 5.75 Å². The molecule has 0 bridgehead atoms. The Morgan fingerprint density at radius 3 is 2.68 bits per heavy atom. The molecule has 5 rings (SSSR count). The summed E-state index contributed by atoms with van der Waals surface area (Å²) in [6.07, 6.45) is 2.86. The van der Waals surface area contributed by atoms with E-state index >= 15 is 4.39 Å². The second-order valence-corrected chi connectivity index (χ2v) is 11.4. The number of fused-ring (bicyclic) bond motifs is 1. The number of alkyl halides is 1. The summed E-state index contributed by atoms with van der Waals surface area (Å²) in [5.74, 6) is -0.0828. The predicted octanol–water partition coefficient (Wildman–Crippen LogP) is 4.24. The average molecular weight is 570 g/mol. The molecular weight excluding hydrogens is 536 g/mol. The van der Waals surface area contributed by atoms with Crippen molar-refractivity contribution >= 4 is 11.6 Å². The van der Waals surface area contributed by atoms with Gasteiger partial charge < -0.3 is 19.5 Å². The number of ether oxygens (including phenoxy) is 2. The third-order valence-electron chi connectivity index (χ3n) is 6.93. The van der Waals surface area contributed by atoms with E-state index in [1.165, 1.54) is 24.0 Å². The normalized spacial score (nSPS) is 19.3. The van der Waals surface area contributed by atoms with Gasteiger partial charge in [0.2, 0.25) is 0 Å². The van der Waals surface area contributed by atoms with Crippen molar-refractivity contribution in [2.45, 2.75) is 64.5 Å². The van der Waals surface area contributed by atoms with Gasteiger partial charge in [-0.2, -0.15) is 5.10 Å². The summed E-state index contributed by atoms with van der Waals surface area (Å²) in [5, 5.41) is 23.9. The SMILES string of the molecule is Cc1c(-c2cc(OCC(C)(O)c3ccc(F)cn3)c3ccnn3c2)nnn1[C@@H]1CCN(C(=O)OC(C)(C)C)C[C@H]1F. The molecule has 0 spiro atoms. The molecule has 0 aromatic carbocycles. The smallest absolute Gasteiger partial charge is 0.410 e. The van der Waals surface area contributed by atoms with Gasteiger partial charge in [-0.15, -0.1) is 5.10 Å². The maximum absolute atomic E-state index is 15.4. The van der Waals surface area contributed by atoms with Gasteiger partial charge in [-0.25, -0.2) is 22.8 Å². The summed E-state index contributed by atoms with van der Waals surface area (Å²) in [4.78, 5) is 17.8. The number of rotatable bonds is 6. The lowest BCUT2D eigenvalue weighted by molar-refractivity contribution is 0.00410. The van der Waals surface area contributed by atoms with E-state index in [0.29, 0.717) is 41.2 Å². The quantitative estimate of drug-likeness (QED) is 0.366. The van der Waals surface area contributed by atoms with Gasteiger partial charge in [0.15, 0.2) is 0 Å². The summed E-state index contributed by atoms with van der Waals surface area (Å²) in [6, 6.07) is 5.55. The van der Waals surface area contributed by atoms with Crippen LogP contribution in [0.4, 0.5) is 13.6 Å². The molecule has 1 saturated heterocycles. The van der Waals surface area contributed by atoms with Crippen LogP contribution in [-0.2, 0) is 10.3 Å². The minimum atomic E-state index is -1.50. The topological polar surface area (TPSA) is 120 Å². The number of hydrogen-bond acceptors (Lipinski definition) is 8. The maximum Gasteiger partial charge on any atom is 0.410 e. The second-order valence-electron chi connectivity index (χ2n) is 11.4. The van der Waals surface area contributed by atoms with Crippen LogP contribution in [0, 0.1) is 12.7 Å². The van der Waals surface area contributed by atoms with Crippen LogP contribution in [-0.4, -0.2) is 77.2 Å². The van der Waals surface area contributed by atoms with E-state index in [-0.39, 0.29) is 18.8 Å². The van der Waals surface area contributed by atoms with Crippen LogP contribution in [0.25, 0.3) is 16.8 Å². The number of carbonyl (C=O) groups is 1. The van der Waals surface area contributed by atoms with Gasteiger partial charge in [0.05, 0.1) is 36.4 Å². The second kappa shape index (κ2) is 10.7. The van der Waals surface area contributed by atoms with E-state index < -0.39 is 35.3 Å². The zero-order valence-corrected chi connectivity index (χ0v) is 23.6. The van der Waals surface area contributed by atoms with E-state index in [4.69, 9.17) is 9.47 Å². The van der Waals surface area contributed by atoms with Gasteiger partial charge in [-0.3, -0.25) is 4.98 Å². The molecule has 218 valence electrons. The molecular formula is C28H33F2N7O4. The average Bonchev–Trinajstić information content (AvgIpc) is 3.53. The van der Waals surface area contributed by atoms with Crippen molar-refractivity contribution < 1.29 is 28.2 Å². The molecule has 5 heterocycles. The number of likely N-dealkylation sites (tertiary alicyclic amines) is 1. The molecule has 41 heavy (non-hydrogen) atoms.